The monoisotopic (exact) mass is 400 g/mol. The molecule has 1 N–H and O–H groups in total. The lowest BCUT2D eigenvalue weighted by molar-refractivity contribution is 0.0935. The van der Waals surface area contributed by atoms with E-state index in [9.17, 15) is 13.2 Å². The Labute approximate surface area is 167 Å². The first-order valence-corrected chi connectivity index (χ1v) is 11.2. The van der Waals surface area contributed by atoms with E-state index in [1.165, 1.54) is 15.9 Å². The van der Waals surface area contributed by atoms with Crippen molar-refractivity contribution in [2.24, 2.45) is 0 Å². The molecule has 6 heteroatoms. The number of nitrogens with one attached hydrogen (secondary N) is 1. The predicted octanol–water partition coefficient (Wildman–Crippen LogP) is 3.97. The summed E-state index contributed by atoms with van der Waals surface area (Å²) in [5.74, 6) is -0.259. The van der Waals surface area contributed by atoms with Crippen LogP contribution in [0.3, 0.4) is 0 Å². The van der Waals surface area contributed by atoms with Crippen LogP contribution in [0.15, 0.2) is 47.4 Å². The van der Waals surface area contributed by atoms with Gasteiger partial charge in [0.2, 0.25) is 10.0 Å². The lowest BCUT2D eigenvalue weighted by Crippen LogP contribution is -2.30. The molecule has 0 saturated carbocycles. The number of carbonyl (C=O) groups is 1. The number of hydrogen-bond acceptors (Lipinski definition) is 3. The van der Waals surface area contributed by atoms with Crippen LogP contribution < -0.4 is 5.32 Å². The standard InChI is InChI=1S/C22H28N2O3S/c1-4-21(20-11-10-16(2)14-17(20)3)23-22(25)18-8-7-9-19(15-18)28(26,27)24-12-5-6-13-24/h7-11,14-15,21H,4-6,12-13H2,1-3H3,(H,23,25). The van der Waals surface area contributed by atoms with Crippen LogP contribution in [-0.4, -0.2) is 31.7 Å². The average molecular weight is 401 g/mol. The van der Waals surface area contributed by atoms with Crippen molar-refractivity contribution in [3.63, 3.8) is 0 Å². The second kappa shape index (κ2) is 8.45. The zero-order valence-electron chi connectivity index (χ0n) is 16.7. The molecule has 2 aromatic carbocycles. The number of benzene rings is 2. The van der Waals surface area contributed by atoms with Crippen LogP contribution in [0.4, 0.5) is 0 Å². The van der Waals surface area contributed by atoms with Gasteiger partial charge < -0.3 is 5.32 Å². The van der Waals surface area contributed by atoms with Crippen molar-refractivity contribution in [1.29, 1.82) is 0 Å². The van der Waals surface area contributed by atoms with Gasteiger partial charge in [0, 0.05) is 18.7 Å². The highest BCUT2D eigenvalue weighted by atomic mass is 32.2. The van der Waals surface area contributed by atoms with Gasteiger partial charge in [-0.3, -0.25) is 4.79 Å². The van der Waals surface area contributed by atoms with Gasteiger partial charge in [-0.25, -0.2) is 8.42 Å². The van der Waals surface area contributed by atoms with Crippen LogP contribution in [0.5, 0.6) is 0 Å². The van der Waals surface area contributed by atoms with E-state index in [0.717, 1.165) is 30.4 Å². The highest BCUT2D eigenvalue weighted by Gasteiger charge is 2.27. The molecule has 5 nitrogen and oxygen atoms in total. The number of sulfonamides is 1. The van der Waals surface area contributed by atoms with Crippen molar-refractivity contribution in [1.82, 2.24) is 9.62 Å². The molecule has 3 rings (SSSR count). The second-order valence-electron chi connectivity index (χ2n) is 7.43. The van der Waals surface area contributed by atoms with Crippen molar-refractivity contribution in [2.75, 3.05) is 13.1 Å². The van der Waals surface area contributed by atoms with E-state index >= 15 is 0 Å². The van der Waals surface area contributed by atoms with Gasteiger partial charge in [-0.2, -0.15) is 4.31 Å². The van der Waals surface area contributed by atoms with E-state index < -0.39 is 10.0 Å². The van der Waals surface area contributed by atoms with Gasteiger partial charge in [-0.05, 0) is 62.4 Å². The number of aryl methyl sites for hydroxylation is 2. The Bertz CT molecular complexity index is 963. The molecule has 0 aromatic heterocycles. The summed E-state index contributed by atoms with van der Waals surface area (Å²) in [7, 11) is -3.54. The Morgan fingerprint density at radius 3 is 2.46 bits per heavy atom. The molecule has 0 bridgehead atoms. The SMILES string of the molecule is CCC(NC(=O)c1cccc(S(=O)(=O)N2CCCC2)c1)c1ccc(C)cc1C. The van der Waals surface area contributed by atoms with Gasteiger partial charge in [-0.1, -0.05) is 36.8 Å². The van der Waals surface area contributed by atoms with Crippen LogP contribution >= 0.6 is 0 Å². The smallest absolute Gasteiger partial charge is 0.251 e. The third-order valence-corrected chi connectivity index (χ3v) is 7.21. The van der Waals surface area contributed by atoms with Gasteiger partial charge in [0.1, 0.15) is 0 Å². The van der Waals surface area contributed by atoms with Crippen LogP contribution in [0.2, 0.25) is 0 Å². The summed E-state index contributed by atoms with van der Waals surface area (Å²) >= 11 is 0. The molecule has 1 aliphatic rings. The van der Waals surface area contributed by atoms with Crippen molar-refractivity contribution in [2.45, 2.75) is 51.0 Å². The van der Waals surface area contributed by atoms with Crippen molar-refractivity contribution in [3.05, 3.63) is 64.7 Å². The maximum atomic E-state index is 12.8. The molecule has 2 aromatic rings. The van der Waals surface area contributed by atoms with Gasteiger partial charge in [-0.15, -0.1) is 0 Å². The summed E-state index contributed by atoms with van der Waals surface area (Å²) in [4.78, 5) is 13.0. The second-order valence-corrected chi connectivity index (χ2v) is 9.37. The van der Waals surface area contributed by atoms with Gasteiger partial charge >= 0.3 is 0 Å². The Hall–Kier alpha value is -2.18. The zero-order valence-corrected chi connectivity index (χ0v) is 17.6. The van der Waals surface area contributed by atoms with Crippen LogP contribution in [0, 0.1) is 13.8 Å². The lowest BCUT2D eigenvalue weighted by Gasteiger charge is -2.20. The maximum Gasteiger partial charge on any atom is 0.251 e. The molecule has 1 saturated heterocycles. The number of rotatable bonds is 6. The molecule has 1 heterocycles. The van der Waals surface area contributed by atoms with E-state index in [0.29, 0.717) is 18.7 Å². The first-order chi connectivity index (χ1) is 13.3. The summed E-state index contributed by atoms with van der Waals surface area (Å²) in [5.41, 5.74) is 3.77. The van der Waals surface area contributed by atoms with Crippen LogP contribution in [-0.2, 0) is 10.0 Å². The summed E-state index contributed by atoms with van der Waals surface area (Å²) in [6, 6.07) is 12.4. The number of amides is 1. The fourth-order valence-electron chi connectivity index (χ4n) is 3.73. The first-order valence-electron chi connectivity index (χ1n) is 9.81. The minimum absolute atomic E-state index is 0.119. The van der Waals surface area contributed by atoms with E-state index in [1.54, 1.807) is 18.2 Å². The summed E-state index contributed by atoms with van der Waals surface area (Å²) in [6.07, 6.45) is 2.52. The first kappa shape index (κ1) is 20.6. The largest absolute Gasteiger partial charge is 0.345 e. The normalized spacial score (nSPS) is 16.1. The fraction of sp³-hybridized carbons (Fsp3) is 0.409. The van der Waals surface area contributed by atoms with Gasteiger partial charge in [0.25, 0.3) is 5.91 Å². The molecule has 1 unspecified atom stereocenters. The Balaban J connectivity index is 1.82. The molecule has 1 fully saturated rings. The van der Waals surface area contributed by atoms with Gasteiger partial charge in [0.15, 0.2) is 0 Å². The van der Waals surface area contributed by atoms with Crippen molar-refractivity contribution >= 4 is 15.9 Å². The van der Waals surface area contributed by atoms with E-state index in [1.807, 2.05) is 32.9 Å². The number of carbonyl (C=O) groups excluding carboxylic acids is 1. The van der Waals surface area contributed by atoms with Crippen LogP contribution in [0.1, 0.15) is 59.3 Å². The quantitative estimate of drug-likeness (QED) is 0.798. The van der Waals surface area contributed by atoms with Gasteiger partial charge in [0.05, 0.1) is 10.9 Å². The molecule has 0 spiro atoms. The van der Waals surface area contributed by atoms with Crippen LogP contribution in [0.25, 0.3) is 0 Å². The Morgan fingerprint density at radius 1 is 1.11 bits per heavy atom. The van der Waals surface area contributed by atoms with Crippen molar-refractivity contribution < 1.29 is 13.2 Å². The Morgan fingerprint density at radius 2 is 1.82 bits per heavy atom. The lowest BCUT2D eigenvalue weighted by atomic mass is 9.97. The minimum atomic E-state index is -3.54. The molecule has 28 heavy (non-hydrogen) atoms. The highest BCUT2D eigenvalue weighted by Crippen LogP contribution is 2.24. The Kier molecular flexibility index (Phi) is 6.20. The molecule has 150 valence electrons. The molecule has 1 amide bonds. The number of hydrogen-bond donors (Lipinski definition) is 1. The van der Waals surface area contributed by atoms with E-state index in [2.05, 4.69) is 11.4 Å². The highest BCUT2D eigenvalue weighted by molar-refractivity contribution is 7.89. The van der Waals surface area contributed by atoms with Crippen molar-refractivity contribution in [3.8, 4) is 0 Å². The number of nitrogens with zero attached hydrogens (tertiary/aromatic N) is 1. The summed E-state index contributed by atoms with van der Waals surface area (Å²) in [5, 5.41) is 3.06. The fourth-order valence-corrected chi connectivity index (χ4v) is 5.30. The van der Waals surface area contributed by atoms with E-state index in [4.69, 9.17) is 0 Å². The molecule has 0 aliphatic carbocycles. The zero-order chi connectivity index (χ0) is 20.3. The third kappa shape index (κ3) is 4.28. The molecule has 0 radical (unpaired) electrons. The maximum absolute atomic E-state index is 12.8. The van der Waals surface area contributed by atoms with E-state index in [-0.39, 0.29) is 16.8 Å². The molecule has 1 aliphatic heterocycles. The summed E-state index contributed by atoms with van der Waals surface area (Å²) < 4.78 is 27.1. The molecular formula is C22H28N2O3S. The molecule has 1 atom stereocenters. The summed E-state index contributed by atoms with van der Waals surface area (Å²) in [6.45, 7) is 7.20. The average Bonchev–Trinajstić information content (AvgIpc) is 3.22. The predicted molar refractivity (Wildman–Crippen MR) is 111 cm³/mol. The topological polar surface area (TPSA) is 66.5 Å². The minimum Gasteiger partial charge on any atom is -0.345 e. The third-order valence-electron chi connectivity index (χ3n) is 5.31. The molecular weight excluding hydrogens is 372 g/mol.